The Morgan fingerprint density at radius 3 is 2.16 bits per heavy atom. The van der Waals surface area contributed by atoms with Crippen LogP contribution in [0.25, 0.3) is 0 Å². The first-order valence-electron chi connectivity index (χ1n) is 11.7. The molecule has 0 aromatic heterocycles. The van der Waals surface area contributed by atoms with Crippen molar-refractivity contribution < 1.29 is 14.3 Å². The fraction of sp³-hybridized carbons (Fsp3) is 0.870. The van der Waals surface area contributed by atoms with E-state index in [9.17, 15) is 9.59 Å². The van der Waals surface area contributed by atoms with Gasteiger partial charge in [-0.05, 0) is 73.1 Å². The number of aliphatic imine (C=N–C) groups is 1. The van der Waals surface area contributed by atoms with E-state index in [-0.39, 0.29) is 18.0 Å². The number of ether oxygens (including phenoxy) is 1. The number of rotatable bonds is 7. The zero-order valence-electron chi connectivity index (χ0n) is 20.6. The van der Waals surface area contributed by atoms with Gasteiger partial charge in [-0.2, -0.15) is 0 Å². The summed E-state index contributed by atoms with van der Waals surface area (Å²) >= 11 is 0. The highest BCUT2D eigenvalue weighted by Crippen LogP contribution is 2.32. The molecule has 0 atom stereocenters. The third kappa shape index (κ3) is 7.89. The van der Waals surface area contributed by atoms with Crippen molar-refractivity contribution in [3.05, 3.63) is 0 Å². The van der Waals surface area contributed by atoms with Crippen molar-refractivity contribution in [2.24, 2.45) is 16.3 Å². The van der Waals surface area contributed by atoms with E-state index in [1.54, 1.807) is 7.05 Å². The van der Waals surface area contributed by atoms with Gasteiger partial charge in [0, 0.05) is 45.8 Å². The Hall–Kier alpha value is -1.99. The number of nitrogens with one attached hydrogen (secondary N) is 2. The molecule has 8 heteroatoms. The van der Waals surface area contributed by atoms with Crippen LogP contribution in [0.1, 0.15) is 67.2 Å². The van der Waals surface area contributed by atoms with Gasteiger partial charge in [0.2, 0.25) is 5.91 Å². The third-order valence-electron chi connectivity index (χ3n) is 5.84. The van der Waals surface area contributed by atoms with Crippen LogP contribution in [0.2, 0.25) is 0 Å². The molecule has 1 saturated heterocycles. The lowest BCUT2D eigenvalue weighted by Crippen LogP contribution is -2.54. The lowest BCUT2D eigenvalue weighted by Gasteiger charge is -2.40. The van der Waals surface area contributed by atoms with E-state index in [1.807, 2.05) is 46.4 Å². The van der Waals surface area contributed by atoms with Crippen molar-refractivity contribution in [2.45, 2.75) is 78.9 Å². The molecule has 2 rings (SSSR count). The van der Waals surface area contributed by atoms with E-state index >= 15 is 0 Å². The monoisotopic (exact) mass is 437 g/mol. The van der Waals surface area contributed by atoms with Crippen LogP contribution >= 0.6 is 0 Å². The zero-order valence-corrected chi connectivity index (χ0v) is 20.6. The van der Waals surface area contributed by atoms with Crippen molar-refractivity contribution in [3.8, 4) is 0 Å². The highest BCUT2D eigenvalue weighted by Gasteiger charge is 2.36. The molecule has 1 aliphatic heterocycles. The number of amides is 2. The van der Waals surface area contributed by atoms with Gasteiger partial charge in [-0.25, -0.2) is 4.79 Å². The smallest absolute Gasteiger partial charge is 0.410 e. The molecule has 8 nitrogen and oxygen atoms in total. The molecule has 0 radical (unpaired) electrons. The molecule has 2 fully saturated rings. The number of hydrogen-bond acceptors (Lipinski definition) is 4. The Morgan fingerprint density at radius 2 is 1.68 bits per heavy atom. The van der Waals surface area contributed by atoms with E-state index in [4.69, 9.17) is 4.74 Å². The Morgan fingerprint density at radius 1 is 1.06 bits per heavy atom. The van der Waals surface area contributed by atoms with Gasteiger partial charge in [-0.15, -0.1) is 0 Å². The summed E-state index contributed by atoms with van der Waals surface area (Å²) in [5.74, 6) is 1.46. The molecule has 31 heavy (non-hydrogen) atoms. The summed E-state index contributed by atoms with van der Waals surface area (Å²) in [6.45, 7) is 15.1. The van der Waals surface area contributed by atoms with Gasteiger partial charge in [0.05, 0.1) is 5.41 Å². The number of piperidine rings is 1. The molecule has 0 bridgehead atoms. The SMILES string of the molecule is CCNC(=O)C(C)(C)CNC(=NC)N1CCC(N(CC2CC2)C(=O)OC(C)(C)C)CC1. The molecule has 0 aromatic carbocycles. The normalized spacial score (nSPS) is 18.5. The van der Waals surface area contributed by atoms with Crippen molar-refractivity contribution in [2.75, 3.05) is 39.8 Å². The Balaban J connectivity index is 1.92. The summed E-state index contributed by atoms with van der Waals surface area (Å²) < 4.78 is 5.69. The van der Waals surface area contributed by atoms with Crippen LogP contribution in [0.4, 0.5) is 4.79 Å². The Kier molecular flexibility index (Phi) is 8.60. The summed E-state index contributed by atoms with van der Waals surface area (Å²) in [5, 5.41) is 6.26. The van der Waals surface area contributed by atoms with Crippen LogP contribution in [-0.2, 0) is 9.53 Å². The molecule has 178 valence electrons. The zero-order chi connectivity index (χ0) is 23.2. The number of carbonyl (C=O) groups is 2. The molecule has 2 amide bonds. The van der Waals surface area contributed by atoms with Crippen LogP contribution in [0, 0.1) is 11.3 Å². The minimum atomic E-state index is -0.526. The summed E-state index contributed by atoms with van der Waals surface area (Å²) in [5.41, 5.74) is -1.01. The fourth-order valence-electron chi connectivity index (χ4n) is 3.77. The molecule has 1 heterocycles. The van der Waals surface area contributed by atoms with Gasteiger partial charge in [-0.1, -0.05) is 0 Å². The highest BCUT2D eigenvalue weighted by atomic mass is 16.6. The second-order valence-corrected chi connectivity index (χ2v) is 10.4. The van der Waals surface area contributed by atoms with Gasteiger partial charge in [0.15, 0.2) is 5.96 Å². The first kappa shape index (κ1) is 25.3. The molecule has 1 aliphatic carbocycles. The van der Waals surface area contributed by atoms with Crippen LogP contribution in [0.3, 0.4) is 0 Å². The lowest BCUT2D eigenvalue weighted by atomic mass is 9.92. The van der Waals surface area contributed by atoms with E-state index in [2.05, 4.69) is 20.5 Å². The maximum absolute atomic E-state index is 12.8. The molecular weight excluding hydrogens is 394 g/mol. The predicted octanol–water partition coefficient (Wildman–Crippen LogP) is 2.84. The van der Waals surface area contributed by atoms with E-state index in [1.165, 1.54) is 12.8 Å². The summed E-state index contributed by atoms with van der Waals surface area (Å²) in [4.78, 5) is 33.7. The average molecular weight is 438 g/mol. The first-order valence-corrected chi connectivity index (χ1v) is 11.7. The number of hydrogen-bond donors (Lipinski definition) is 2. The van der Waals surface area contributed by atoms with Gasteiger partial charge in [0.25, 0.3) is 0 Å². The number of guanidine groups is 1. The van der Waals surface area contributed by atoms with Gasteiger partial charge >= 0.3 is 6.09 Å². The molecule has 0 aromatic rings. The maximum atomic E-state index is 12.8. The first-order chi connectivity index (χ1) is 14.5. The second kappa shape index (κ2) is 10.6. The highest BCUT2D eigenvalue weighted by molar-refractivity contribution is 5.84. The quantitative estimate of drug-likeness (QED) is 0.472. The van der Waals surface area contributed by atoms with Gasteiger partial charge < -0.3 is 25.2 Å². The van der Waals surface area contributed by atoms with Crippen molar-refractivity contribution in [1.82, 2.24) is 20.4 Å². The van der Waals surface area contributed by atoms with E-state index in [0.717, 1.165) is 38.4 Å². The minimum absolute atomic E-state index is 0.0322. The van der Waals surface area contributed by atoms with Gasteiger partial charge in [0.1, 0.15) is 5.60 Å². The fourth-order valence-corrected chi connectivity index (χ4v) is 3.77. The average Bonchev–Trinajstić information content (AvgIpc) is 3.50. The maximum Gasteiger partial charge on any atom is 0.410 e. The summed E-state index contributed by atoms with van der Waals surface area (Å²) in [6.07, 6.45) is 3.98. The van der Waals surface area contributed by atoms with Crippen molar-refractivity contribution in [1.29, 1.82) is 0 Å². The largest absolute Gasteiger partial charge is 0.444 e. The molecule has 0 spiro atoms. The van der Waals surface area contributed by atoms with E-state index < -0.39 is 11.0 Å². The third-order valence-corrected chi connectivity index (χ3v) is 5.84. The standard InChI is InChI=1S/C23H43N5O3/c1-8-25-19(29)23(5,6)16-26-20(24-7)27-13-11-18(12-14-27)28(15-17-9-10-17)21(30)31-22(2,3)4/h17-18H,8-16H2,1-7H3,(H,24,26)(H,25,29). The second-order valence-electron chi connectivity index (χ2n) is 10.4. The molecular formula is C23H43N5O3. The Labute approximate surface area is 188 Å². The van der Waals surface area contributed by atoms with Crippen LogP contribution in [0.15, 0.2) is 4.99 Å². The predicted molar refractivity (Wildman–Crippen MR) is 124 cm³/mol. The minimum Gasteiger partial charge on any atom is -0.444 e. The molecule has 2 N–H and O–H groups in total. The van der Waals surface area contributed by atoms with Crippen LogP contribution in [-0.4, -0.2) is 79.2 Å². The number of carbonyl (C=O) groups excluding carboxylic acids is 2. The molecule has 1 saturated carbocycles. The summed E-state index contributed by atoms with van der Waals surface area (Å²) in [6, 6.07) is 0.191. The number of nitrogens with zero attached hydrogens (tertiary/aromatic N) is 3. The number of likely N-dealkylation sites (tertiary alicyclic amines) is 1. The van der Waals surface area contributed by atoms with E-state index in [0.29, 0.717) is 19.0 Å². The van der Waals surface area contributed by atoms with Crippen LogP contribution in [0.5, 0.6) is 0 Å². The molecule has 2 aliphatic rings. The lowest BCUT2D eigenvalue weighted by molar-refractivity contribution is -0.128. The van der Waals surface area contributed by atoms with Crippen molar-refractivity contribution >= 4 is 18.0 Å². The van der Waals surface area contributed by atoms with Crippen molar-refractivity contribution in [3.63, 3.8) is 0 Å². The van der Waals surface area contributed by atoms with Crippen LogP contribution < -0.4 is 10.6 Å². The molecule has 0 unspecified atom stereocenters. The van der Waals surface area contributed by atoms with Gasteiger partial charge in [-0.3, -0.25) is 9.79 Å². The Bertz CT molecular complexity index is 644. The summed E-state index contributed by atoms with van der Waals surface area (Å²) in [7, 11) is 1.77. The topological polar surface area (TPSA) is 86.3 Å².